The van der Waals surface area contributed by atoms with Crippen LogP contribution in [0, 0.1) is 13.8 Å². The molecule has 10 N–H and O–H groups in total. The molecular weight excluding hydrogens is 1100 g/mol. The molecule has 4 amide bonds. The quantitative estimate of drug-likeness (QED) is 0.0345. The second-order valence-electron chi connectivity index (χ2n) is 20.7. The first-order valence-corrected chi connectivity index (χ1v) is 30.7. The molecule has 3 unspecified atom stereocenters. The molecule has 2 aromatic rings. The van der Waals surface area contributed by atoms with Gasteiger partial charge in [-0.25, -0.2) is 13.4 Å². The molecule has 3 aliphatic heterocycles. The lowest BCUT2D eigenvalue weighted by molar-refractivity contribution is -0.144. The molecule has 81 heavy (non-hydrogen) atoms. The number of rotatable bonds is 30. The Morgan fingerprint density at radius 1 is 0.716 bits per heavy atom. The first kappa shape index (κ1) is 65.7. The number of carboxylic acids is 3. The van der Waals surface area contributed by atoms with Gasteiger partial charge in [0.2, 0.25) is 33.7 Å². The molecule has 27 nitrogen and oxygen atoms in total. The van der Waals surface area contributed by atoms with Gasteiger partial charge in [0.05, 0.1) is 18.0 Å². The van der Waals surface area contributed by atoms with E-state index < -0.39 is 92.1 Å². The maximum atomic E-state index is 13.5. The molecule has 2 saturated heterocycles. The van der Waals surface area contributed by atoms with Crippen LogP contribution in [0.2, 0.25) is 0 Å². The minimum atomic E-state index is -4.79. The van der Waals surface area contributed by atoms with Gasteiger partial charge in [0.15, 0.2) is 0 Å². The predicted molar refractivity (Wildman–Crippen MR) is 297 cm³/mol. The van der Waals surface area contributed by atoms with Crippen LogP contribution in [0.3, 0.4) is 0 Å². The summed E-state index contributed by atoms with van der Waals surface area (Å²) in [6.45, 7) is 9.23. The summed E-state index contributed by atoms with van der Waals surface area (Å²) >= 11 is 0. The summed E-state index contributed by atoms with van der Waals surface area (Å²) in [5, 5.41) is 42.6. The zero-order valence-corrected chi connectivity index (χ0v) is 47.9. The maximum absolute atomic E-state index is 13.5. The highest BCUT2D eigenvalue weighted by molar-refractivity contribution is 7.89. The van der Waals surface area contributed by atoms with E-state index in [1.165, 1.54) is 31.5 Å². The Balaban J connectivity index is 1.00. The van der Waals surface area contributed by atoms with Gasteiger partial charge in [-0.3, -0.25) is 47.9 Å². The van der Waals surface area contributed by atoms with Crippen molar-refractivity contribution >= 4 is 67.5 Å². The summed E-state index contributed by atoms with van der Waals surface area (Å²) in [6.07, 6.45) is 5.03. The number of fused-ring (bicyclic) bond motifs is 4. The number of sulfonamides is 1. The number of carboxylic acid groups (broad SMARTS) is 3. The molecule has 2 bridgehead atoms. The van der Waals surface area contributed by atoms with E-state index in [-0.39, 0.29) is 80.1 Å². The van der Waals surface area contributed by atoms with Gasteiger partial charge in [0.25, 0.3) is 10.1 Å². The number of aryl methyl sites for hydroxylation is 4. The van der Waals surface area contributed by atoms with Crippen molar-refractivity contribution in [3.05, 3.63) is 46.6 Å². The molecule has 5 atom stereocenters. The highest BCUT2D eigenvalue weighted by atomic mass is 32.2. The van der Waals surface area contributed by atoms with Crippen LogP contribution in [0.25, 0.3) is 0 Å². The van der Waals surface area contributed by atoms with E-state index in [0.29, 0.717) is 78.0 Å². The number of nitrogens with zero attached hydrogens (tertiary/aromatic N) is 5. The fourth-order valence-electron chi connectivity index (χ4n) is 10.1. The number of anilines is 1. The van der Waals surface area contributed by atoms with Crippen LogP contribution in [0.5, 0.6) is 5.75 Å². The molecule has 5 rings (SSSR count). The van der Waals surface area contributed by atoms with E-state index in [4.69, 9.17) is 4.74 Å². The molecule has 0 spiro atoms. The van der Waals surface area contributed by atoms with E-state index in [1.807, 2.05) is 11.0 Å². The van der Waals surface area contributed by atoms with Crippen LogP contribution in [0.1, 0.15) is 86.6 Å². The summed E-state index contributed by atoms with van der Waals surface area (Å²) in [7, 11) is -9.18. The van der Waals surface area contributed by atoms with Crippen molar-refractivity contribution in [3.63, 3.8) is 0 Å². The van der Waals surface area contributed by atoms with Crippen molar-refractivity contribution < 1.29 is 75.0 Å². The summed E-state index contributed by atoms with van der Waals surface area (Å²) in [5.74, 6) is -6.14. The van der Waals surface area contributed by atoms with Crippen LogP contribution >= 0.6 is 0 Å². The average Bonchev–Trinajstić information content (AvgIpc) is 3.42. The van der Waals surface area contributed by atoms with E-state index >= 15 is 0 Å². The van der Waals surface area contributed by atoms with E-state index in [0.717, 1.165) is 50.4 Å². The molecule has 452 valence electrons. The molecule has 3 aliphatic rings. The minimum Gasteiger partial charge on any atom is -0.494 e. The second-order valence-corrected chi connectivity index (χ2v) is 23.8. The lowest BCUT2D eigenvalue weighted by Gasteiger charge is -2.37. The molecule has 1 aromatic heterocycles. The first-order chi connectivity index (χ1) is 38.5. The van der Waals surface area contributed by atoms with Crippen LogP contribution in [-0.4, -0.2) is 231 Å². The summed E-state index contributed by atoms with van der Waals surface area (Å²) < 4.78 is 68.3. The Labute approximate surface area is 473 Å². The minimum absolute atomic E-state index is 0.0259. The van der Waals surface area contributed by atoms with E-state index in [1.54, 1.807) is 4.90 Å². The van der Waals surface area contributed by atoms with Crippen molar-refractivity contribution in [2.45, 2.75) is 114 Å². The standard InChI is InChI=1S/C52H81N11O16S2/c1-36-31-40(32-37(2)48(36)81(77,78)59-41(51(70)71)33-56-45(65)11-4-3-10-39-14-13-38-9-5-17-54-49(38)57-39)79-30-6-12-44(64)53-18-19-55-50(69)42(35-80(74,75)76)58-46(66)16-15-43(52(72)73)63-23-8-21-60-24-25-61(28-29-63)20-7-22-62(27-26-60)34-47(67)68/h13-14,31-32,41-43,59H,3-12,15-30,33-35H2,1-2H3,(H,53,64)(H,54,57)(H,55,69)(H,56,65)(H,58,66)(H,67,68)(H,70,71)(H,72,73)(H,74,75,76)/t41?,42-,43+/m0/s1. The lowest BCUT2D eigenvalue weighted by atomic mass is 10.1. The number of carbonyl (C=O) groups is 7. The van der Waals surface area contributed by atoms with Crippen LogP contribution in [0.4, 0.5) is 5.82 Å². The maximum Gasteiger partial charge on any atom is 0.323 e. The number of amides is 4. The van der Waals surface area contributed by atoms with Crippen LogP contribution < -0.4 is 36.0 Å². The third kappa shape index (κ3) is 23.4. The molecule has 2 fully saturated rings. The number of nitrogens with one attached hydrogen (secondary N) is 6. The SMILES string of the molecule is Cc1cc(OCCCC(=O)NCCNC(=O)[C@H](CS(=O)(=O)O)NC(=O)CC[C@H](C(=O)O)N2CCCN3CCN(CCCN(CC(=O)O)CC3)CC2)cc(C)c1S(=O)(=O)NC(CNC(=O)CCCCc1ccc2c(n1)NCCC2)C(=O)O. The van der Waals surface area contributed by atoms with Gasteiger partial charge in [0.1, 0.15) is 35.4 Å². The number of aliphatic carboxylic acids is 3. The van der Waals surface area contributed by atoms with Crippen LogP contribution in [-0.2, 0) is 66.5 Å². The fourth-order valence-corrected chi connectivity index (χ4v) is 12.4. The monoisotopic (exact) mass is 1180 g/mol. The summed E-state index contributed by atoms with van der Waals surface area (Å²) in [5.41, 5.74) is 2.59. The molecule has 0 radical (unpaired) electrons. The molecular formula is C52H81N11O16S2. The van der Waals surface area contributed by atoms with Gasteiger partial charge >= 0.3 is 17.9 Å². The van der Waals surface area contributed by atoms with Crippen molar-refractivity contribution in [1.82, 2.24) is 50.6 Å². The van der Waals surface area contributed by atoms with Gasteiger partial charge < -0.3 is 56.4 Å². The van der Waals surface area contributed by atoms with E-state index in [9.17, 15) is 70.3 Å². The van der Waals surface area contributed by atoms with Crippen LogP contribution in [0.15, 0.2) is 29.2 Å². The number of benzene rings is 1. The number of hydrogen-bond acceptors (Lipinski definition) is 18. The zero-order valence-electron chi connectivity index (χ0n) is 46.3. The predicted octanol–water partition coefficient (Wildman–Crippen LogP) is -0.585. The van der Waals surface area contributed by atoms with Crippen molar-refractivity contribution in [2.24, 2.45) is 0 Å². The highest BCUT2D eigenvalue weighted by Gasteiger charge is 2.32. The normalized spacial score (nSPS) is 18.6. The van der Waals surface area contributed by atoms with Gasteiger partial charge in [-0.05, 0) is 120 Å². The Bertz CT molecular complexity index is 2700. The third-order valence-electron chi connectivity index (χ3n) is 14.2. The lowest BCUT2D eigenvalue weighted by Crippen LogP contribution is -2.52. The van der Waals surface area contributed by atoms with Gasteiger partial charge in [0, 0.05) is 103 Å². The highest BCUT2D eigenvalue weighted by Crippen LogP contribution is 2.27. The molecule has 1 aromatic carbocycles. The number of unbranched alkanes of at least 4 members (excludes halogenated alkanes) is 1. The Hall–Kier alpha value is -6.08. The van der Waals surface area contributed by atoms with E-state index in [2.05, 4.69) is 52.2 Å². The smallest absolute Gasteiger partial charge is 0.323 e. The molecule has 4 heterocycles. The Kier molecular flexibility index (Phi) is 26.4. The average molecular weight is 1180 g/mol. The molecule has 29 heteroatoms. The second kappa shape index (κ2) is 32.5. The van der Waals surface area contributed by atoms with Crippen molar-refractivity contribution in [2.75, 3.05) is 116 Å². The number of pyridine rings is 1. The van der Waals surface area contributed by atoms with Gasteiger partial charge in [-0.1, -0.05) is 6.07 Å². The Morgan fingerprint density at radius 2 is 1.37 bits per heavy atom. The molecule has 0 aliphatic carbocycles. The van der Waals surface area contributed by atoms with Gasteiger partial charge in [-0.15, -0.1) is 0 Å². The number of aromatic nitrogens is 1. The summed E-state index contributed by atoms with van der Waals surface area (Å²) in [4.78, 5) is 100. The van der Waals surface area contributed by atoms with Crippen molar-refractivity contribution in [3.8, 4) is 5.75 Å². The van der Waals surface area contributed by atoms with Crippen molar-refractivity contribution in [1.29, 1.82) is 0 Å². The fraction of sp³-hybridized carbons (Fsp3) is 0.654. The number of hydrogen-bond donors (Lipinski definition) is 10. The zero-order chi connectivity index (χ0) is 59.1. The largest absolute Gasteiger partial charge is 0.494 e. The topological polar surface area (TPSA) is 376 Å². The Morgan fingerprint density at radius 3 is 2.05 bits per heavy atom. The number of carbonyl (C=O) groups excluding carboxylic acids is 4. The number of ether oxygens (including phenoxy) is 1. The first-order valence-electron chi connectivity index (χ1n) is 27.6. The molecule has 0 saturated carbocycles. The van der Waals surface area contributed by atoms with Gasteiger partial charge in [-0.2, -0.15) is 13.1 Å². The summed E-state index contributed by atoms with van der Waals surface area (Å²) in [6, 6.07) is 2.47. The third-order valence-corrected chi connectivity index (χ3v) is 16.7.